The number of anilines is 1. The van der Waals surface area contributed by atoms with Gasteiger partial charge in [0, 0.05) is 11.9 Å². The summed E-state index contributed by atoms with van der Waals surface area (Å²) >= 11 is 5.73. The summed E-state index contributed by atoms with van der Waals surface area (Å²) in [6.45, 7) is 0. The molecule has 1 aliphatic rings. The molecule has 2 rings (SSSR count). The maximum Gasteiger partial charge on any atom is 0.131 e. The Kier molecular flexibility index (Phi) is 2.40. The summed E-state index contributed by atoms with van der Waals surface area (Å²) in [6, 6.07) is 1.75. The van der Waals surface area contributed by atoms with Gasteiger partial charge in [0.1, 0.15) is 5.15 Å². The summed E-state index contributed by atoms with van der Waals surface area (Å²) < 4.78 is 0. The molecule has 1 aliphatic carbocycles. The van der Waals surface area contributed by atoms with Crippen LogP contribution >= 0.6 is 11.6 Å². The number of pyridine rings is 1. The van der Waals surface area contributed by atoms with E-state index >= 15 is 0 Å². The standard InChI is InChI=1S/C10H13ClN2/c11-10-5-9(12)8(6-13-10)7-3-1-2-4-7/h5-7H,1-4H2,(H2,12,13). The quantitative estimate of drug-likeness (QED) is 0.702. The average molecular weight is 197 g/mol. The van der Waals surface area contributed by atoms with Gasteiger partial charge in [-0.1, -0.05) is 24.4 Å². The van der Waals surface area contributed by atoms with Crippen molar-refractivity contribution < 1.29 is 0 Å². The lowest BCUT2D eigenvalue weighted by Gasteiger charge is -2.11. The van der Waals surface area contributed by atoms with Crippen molar-refractivity contribution in [2.24, 2.45) is 0 Å². The monoisotopic (exact) mass is 196 g/mol. The molecule has 0 bridgehead atoms. The van der Waals surface area contributed by atoms with Gasteiger partial charge in [-0.2, -0.15) is 0 Å². The summed E-state index contributed by atoms with van der Waals surface area (Å²) in [4.78, 5) is 4.07. The Balaban J connectivity index is 2.29. The second kappa shape index (κ2) is 3.54. The maximum atomic E-state index is 5.88. The first-order valence-electron chi connectivity index (χ1n) is 4.68. The van der Waals surface area contributed by atoms with Crippen molar-refractivity contribution in [2.45, 2.75) is 31.6 Å². The molecule has 2 N–H and O–H groups in total. The molecule has 0 atom stereocenters. The van der Waals surface area contributed by atoms with Gasteiger partial charge in [0.05, 0.1) is 0 Å². The molecule has 1 aromatic heterocycles. The van der Waals surface area contributed by atoms with E-state index in [0.717, 1.165) is 5.69 Å². The van der Waals surface area contributed by atoms with Crippen LogP contribution in [0.3, 0.4) is 0 Å². The Labute approximate surface area is 83.1 Å². The van der Waals surface area contributed by atoms with Crippen molar-refractivity contribution >= 4 is 17.3 Å². The van der Waals surface area contributed by atoms with Crippen molar-refractivity contribution in [3.8, 4) is 0 Å². The van der Waals surface area contributed by atoms with E-state index in [2.05, 4.69) is 4.98 Å². The zero-order valence-electron chi connectivity index (χ0n) is 7.46. The van der Waals surface area contributed by atoms with Gasteiger partial charge < -0.3 is 5.73 Å². The summed E-state index contributed by atoms with van der Waals surface area (Å²) in [5, 5.41) is 0.485. The summed E-state index contributed by atoms with van der Waals surface area (Å²) in [5.74, 6) is 0.616. The van der Waals surface area contributed by atoms with Crippen molar-refractivity contribution in [1.29, 1.82) is 0 Å². The molecule has 1 heterocycles. The van der Waals surface area contributed by atoms with Crippen molar-refractivity contribution in [3.63, 3.8) is 0 Å². The van der Waals surface area contributed by atoms with E-state index < -0.39 is 0 Å². The first-order chi connectivity index (χ1) is 6.27. The lowest BCUT2D eigenvalue weighted by molar-refractivity contribution is 0.722. The highest BCUT2D eigenvalue weighted by Crippen LogP contribution is 2.36. The van der Waals surface area contributed by atoms with E-state index in [0.29, 0.717) is 11.1 Å². The van der Waals surface area contributed by atoms with E-state index in [-0.39, 0.29) is 0 Å². The zero-order valence-corrected chi connectivity index (χ0v) is 8.22. The minimum Gasteiger partial charge on any atom is -0.398 e. The average Bonchev–Trinajstić information content (AvgIpc) is 2.56. The second-order valence-electron chi connectivity index (χ2n) is 3.62. The van der Waals surface area contributed by atoms with E-state index in [4.69, 9.17) is 17.3 Å². The number of nitrogens with two attached hydrogens (primary N) is 1. The molecule has 0 unspecified atom stereocenters. The largest absolute Gasteiger partial charge is 0.398 e. The molecule has 0 aliphatic heterocycles. The van der Waals surface area contributed by atoms with Gasteiger partial charge in [-0.3, -0.25) is 0 Å². The zero-order chi connectivity index (χ0) is 9.26. The third-order valence-electron chi connectivity index (χ3n) is 2.73. The highest BCUT2D eigenvalue weighted by Gasteiger charge is 2.19. The Morgan fingerprint density at radius 3 is 2.69 bits per heavy atom. The van der Waals surface area contributed by atoms with Gasteiger partial charge >= 0.3 is 0 Å². The van der Waals surface area contributed by atoms with Crippen LogP contribution in [0.1, 0.15) is 37.2 Å². The van der Waals surface area contributed by atoms with Gasteiger partial charge in [-0.25, -0.2) is 4.98 Å². The van der Waals surface area contributed by atoms with Gasteiger partial charge in [0.25, 0.3) is 0 Å². The van der Waals surface area contributed by atoms with Crippen molar-refractivity contribution in [3.05, 3.63) is 23.0 Å². The van der Waals surface area contributed by atoms with Crippen LogP contribution in [-0.4, -0.2) is 4.98 Å². The fraction of sp³-hybridized carbons (Fsp3) is 0.500. The Bertz CT molecular complexity index is 306. The minimum absolute atomic E-state index is 0.485. The summed E-state index contributed by atoms with van der Waals surface area (Å²) in [7, 11) is 0. The van der Waals surface area contributed by atoms with Gasteiger partial charge in [-0.15, -0.1) is 0 Å². The van der Waals surface area contributed by atoms with Crippen LogP contribution in [0.4, 0.5) is 5.69 Å². The van der Waals surface area contributed by atoms with Crippen LogP contribution in [0, 0.1) is 0 Å². The van der Waals surface area contributed by atoms with Gasteiger partial charge in [0.2, 0.25) is 0 Å². The van der Waals surface area contributed by atoms with Crippen LogP contribution < -0.4 is 5.73 Å². The first-order valence-corrected chi connectivity index (χ1v) is 5.06. The van der Waals surface area contributed by atoms with Crippen LogP contribution in [-0.2, 0) is 0 Å². The third-order valence-corrected chi connectivity index (χ3v) is 2.94. The molecule has 1 aromatic rings. The SMILES string of the molecule is Nc1cc(Cl)ncc1C1CCCC1. The fourth-order valence-electron chi connectivity index (χ4n) is 2.03. The molecule has 0 saturated heterocycles. The summed E-state index contributed by atoms with van der Waals surface area (Å²) in [6.07, 6.45) is 6.94. The smallest absolute Gasteiger partial charge is 0.131 e. The molecule has 2 nitrogen and oxygen atoms in total. The molecule has 70 valence electrons. The van der Waals surface area contributed by atoms with Crippen LogP contribution in [0.2, 0.25) is 5.15 Å². The Morgan fingerprint density at radius 1 is 1.38 bits per heavy atom. The van der Waals surface area contributed by atoms with Gasteiger partial charge in [-0.05, 0) is 30.4 Å². The van der Waals surface area contributed by atoms with E-state index in [1.165, 1.54) is 31.2 Å². The molecular weight excluding hydrogens is 184 g/mol. The Hall–Kier alpha value is -0.760. The van der Waals surface area contributed by atoms with Gasteiger partial charge in [0.15, 0.2) is 0 Å². The lowest BCUT2D eigenvalue weighted by Crippen LogP contribution is -1.99. The third kappa shape index (κ3) is 1.78. The van der Waals surface area contributed by atoms with E-state index in [1.807, 2.05) is 6.20 Å². The molecule has 1 saturated carbocycles. The molecule has 0 aromatic carbocycles. The predicted octanol–water partition coefficient (Wildman–Crippen LogP) is 2.97. The Morgan fingerprint density at radius 2 is 2.08 bits per heavy atom. The topological polar surface area (TPSA) is 38.9 Å². The number of halogens is 1. The number of nitrogens with zero attached hydrogens (tertiary/aromatic N) is 1. The highest BCUT2D eigenvalue weighted by atomic mass is 35.5. The first kappa shape index (κ1) is 8.82. The number of hydrogen-bond acceptors (Lipinski definition) is 2. The van der Waals surface area contributed by atoms with Crippen LogP contribution in [0.5, 0.6) is 0 Å². The molecule has 0 spiro atoms. The molecule has 1 fully saturated rings. The number of nitrogen functional groups attached to an aromatic ring is 1. The van der Waals surface area contributed by atoms with Crippen molar-refractivity contribution in [1.82, 2.24) is 4.98 Å². The molecule has 0 amide bonds. The van der Waals surface area contributed by atoms with Crippen LogP contribution in [0.15, 0.2) is 12.3 Å². The lowest BCUT2D eigenvalue weighted by atomic mass is 9.98. The molecule has 13 heavy (non-hydrogen) atoms. The second-order valence-corrected chi connectivity index (χ2v) is 4.00. The van der Waals surface area contributed by atoms with Crippen molar-refractivity contribution in [2.75, 3.05) is 5.73 Å². The molecular formula is C10H13ClN2. The predicted molar refractivity (Wildman–Crippen MR) is 54.9 cm³/mol. The maximum absolute atomic E-state index is 5.88. The molecule has 3 heteroatoms. The minimum atomic E-state index is 0.485. The number of aromatic nitrogens is 1. The van der Waals surface area contributed by atoms with Crippen LogP contribution in [0.25, 0.3) is 0 Å². The fourth-order valence-corrected chi connectivity index (χ4v) is 2.20. The molecule has 0 radical (unpaired) electrons. The number of hydrogen-bond donors (Lipinski definition) is 1. The normalized spacial score (nSPS) is 17.9. The number of rotatable bonds is 1. The van der Waals surface area contributed by atoms with E-state index in [1.54, 1.807) is 6.07 Å². The summed E-state index contributed by atoms with van der Waals surface area (Å²) in [5.41, 5.74) is 7.86. The highest BCUT2D eigenvalue weighted by molar-refractivity contribution is 6.29. The van der Waals surface area contributed by atoms with E-state index in [9.17, 15) is 0 Å².